The number of hydrogen-bond donors (Lipinski definition) is 3. The molecule has 0 radical (unpaired) electrons. The molecule has 86 valence electrons. The third-order valence-electron chi connectivity index (χ3n) is 2.44. The molecule has 1 aromatic rings. The quantitative estimate of drug-likeness (QED) is 0.640. The lowest BCUT2D eigenvalue weighted by Crippen LogP contribution is -2.22. The highest BCUT2D eigenvalue weighted by molar-refractivity contribution is 5.48. The topological polar surface area (TPSA) is 84.3 Å². The highest BCUT2D eigenvalue weighted by Crippen LogP contribution is 2.18. The molecular formula is C10H19N3O2. The van der Waals surface area contributed by atoms with Crippen molar-refractivity contribution in [2.24, 2.45) is 0 Å². The van der Waals surface area contributed by atoms with Gasteiger partial charge in [0.25, 0.3) is 0 Å². The Balaban J connectivity index is 2.95. The van der Waals surface area contributed by atoms with Crippen LogP contribution in [-0.4, -0.2) is 32.7 Å². The molecule has 5 heteroatoms. The van der Waals surface area contributed by atoms with Gasteiger partial charge in [-0.15, -0.1) is 0 Å². The number of aliphatic hydroxyl groups excluding tert-OH is 2. The Labute approximate surface area is 89.5 Å². The van der Waals surface area contributed by atoms with Crippen LogP contribution in [0.2, 0.25) is 0 Å². The van der Waals surface area contributed by atoms with Crippen molar-refractivity contribution in [2.75, 3.05) is 12.3 Å². The van der Waals surface area contributed by atoms with Crippen LogP contribution in [0, 0.1) is 0 Å². The molecule has 0 bridgehead atoms. The van der Waals surface area contributed by atoms with Gasteiger partial charge in [-0.25, -0.2) is 0 Å². The molecule has 0 amide bonds. The first-order chi connectivity index (χ1) is 7.13. The molecule has 0 saturated carbocycles. The Morgan fingerprint density at radius 1 is 1.40 bits per heavy atom. The fourth-order valence-corrected chi connectivity index (χ4v) is 1.61. The van der Waals surface area contributed by atoms with Crippen molar-refractivity contribution in [3.05, 3.63) is 11.4 Å². The second-order valence-corrected chi connectivity index (χ2v) is 3.53. The van der Waals surface area contributed by atoms with Crippen molar-refractivity contribution in [3.63, 3.8) is 0 Å². The molecule has 1 atom stereocenters. The monoisotopic (exact) mass is 213 g/mol. The van der Waals surface area contributed by atoms with Crippen molar-refractivity contribution >= 4 is 5.69 Å². The molecule has 0 aliphatic heterocycles. The van der Waals surface area contributed by atoms with Gasteiger partial charge in [-0.05, 0) is 12.8 Å². The predicted molar refractivity (Wildman–Crippen MR) is 58.5 cm³/mol. The van der Waals surface area contributed by atoms with Gasteiger partial charge in [0.15, 0.2) is 0 Å². The molecule has 15 heavy (non-hydrogen) atoms. The zero-order chi connectivity index (χ0) is 11.4. The van der Waals surface area contributed by atoms with E-state index in [1.165, 1.54) is 0 Å². The Morgan fingerprint density at radius 3 is 2.53 bits per heavy atom. The van der Waals surface area contributed by atoms with E-state index in [4.69, 9.17) is 10.8 Å². The molecule has 0 aromatic carbocycles. The van der Waals surface area contributed by atoms with Gasteiger partial charge in [0.2, 0.25) is 0 Å². The minimum atomic E-state index is -0.778. The van der Waals surface area contributed by atoms with Crippen LogP contribution in [-0.2, 0) is 19.4 Å². The first kappa shape index (κ1) is 12.0. The highest BCUT2D eigenvalue weighted by Gasteiger charge is 2.14. The Kier molecular flexibility index (Phi) is 4.11. The fraction of sp³-hybridized carbons (Fsp3) is 0.700. The Bertz CT molecular complexity index is 323. The number of hydrogen-bond acceptors (Lipinski definition) is 4. The van der Waals surface area contributed by atoms with Gasteiger partial charge in [-0.3, -0.25) is 4.68 Å². The van der Waals surface area contributed by atoms with Crippen molar-refractivity contribution in [3.8, 4) is 0 Å². The summed E-state index contributed by atoms with van der Waals surface area (Å²) in [5, 5.41) is 22.4. The molecule has 1 unspecified atom stereocenters. The number of nitrogens with zero attached hydrogens (tertiary/aromatic N) is 2. The van der Waals surface area contributed by atoms with Crippen LogP contribution < -0.4 is 5.73 Å². The summed E-state index contributed by atoms with van der Waals surface area (Å²) < 4.78 is 1.69. The molecule has 5 nitrogen and oxygen atoms in total. The van der Waals surface area contributed by atoms with Gasteiger partial charge < -0.3 is 15.9 Å². The summed E-state index contributed by atoms with van der Waals surface area (Å²) in [4.78, 5) is 0. The van der Waals surface area contributed by atoms with Gasteiger partial charge in [-0.2, -0.15) is 5.10 Å². The van der Waals surface area contributed by atoms with E-state index < -0.39 is 6.10 Å². The minimum Gasteiger partial charge on any atom is -0.396 e. The number of aryl methyl sites for hydroxylation is 1. The van der Waals surface area contributed by atoms with Crippen molar-refractivity contribution in [1.29, 1.82) is 0 Å². The lowest BCUT2D eigenvalue weighted by atomic mass is 10.2. The number of rotatable bonds is 5. The summed E-state index contributed by atoms with van der Waals surface area (Å²) in [5.74, 6) is 0. The van der Waals surface area contributed by atoms with E-state index in [9.17, 15) is 5.11 Å². The molecule has 0 aliphatic rings. The molecule has 0 spiro atoms. The molecule has 0 fully saturated rings. The lowest BCUT2D eigenvalue weighted by Gasteiger charge is -2.09. The number of nitrogen functional groups attached to an aromatic ring is 1. The third kappa shape index (κ3) is 2.49. The van der Waals surface area contributed by atoms with Crippen LogP contribution in [0.4, 0.5) is 5.69 Å². The smallest absolute Gasteiger partial charge is 0.0966 e. The van der Waals surface area contributed by atoms with Gasteiger partial charge in [-0.1, -0.05) is 13.8 Å². The molecule has 1 aromatic heterocycles. The maximum atomic E-state index is 9.35. The fourth-order valence-electron chi connectivity index (χ4n) is 1.61. The summed E-state index contributed by atoms with van der Waals surface area (Å²) in [6.07, 6.45) is 0.775. The van der Waals surface area contributed by atoms with Crippen LogP contribution in [0.5, 0.6) is 0 Å². The average molecular weight is 213 g/mol. The second-order valence-electron chi connectivity index (χ2n) is 3.53. The zero-order valence-electron chi connectivity index (χ0n) is 9.27. The van der Waals surface area contributed by atoms with Crippen LogP contribution in [0.3, 0.4) is 0 Å². The highest BCUT2D eigenvalue weighted by atomic mass is 16.3. The first-order valence-electron chi connectivity index (χ1n) is 5.26. The van der Waals surface area contributed by atoms with Gasteiger partial charge in [0, 0.05) is 0 Å². The maximum Gasteiger partial charge on any atom is 0.0966 e. The van der Waals surface area contributed by atoms with Crippen LogP contribution >= 0.6 is 0 Å². The van der Waals surface area contributed by atoms with Gasteiger partial charge >= 0.3 is 0 Å². The van der Waals surface area contributed by atoms with Crippen molar-refractivity contribution in [2.45, 2.75) is 39.3 Å². The van der Waals surface area contributed by atoms with E-state index in [0.717, 1.165) is 24.2 Å². The SMILES string of the molecule is CCc1nn(CC(O)CO)c(CC)c1N. The molecule has 0 saturated heterocycles. The molecule has 4 N–H and O–H groups in total. The van der Waals surface area contributed by atoms with E-state index >= 15 is 0 Å². The second kappa shape index (κ2) is 5.14. The number of aliphatic hydroxyl groups is 2. The number of anilines is 1. The first-order valence-corrected chi connectivity index (χ1v) is 5.26. The molecular weight excluding hydrogens is 194 g/mol. The predicted octanol–water partition coefficient (Wildman–Crippen LogP) is -0.0567. The largest absolute Gasteiger partial charge is 0.396 e. The molecule has 0 aliphatic carbocycles. The van der Waals surface area contributed by atoms with E-state index in [2.05, 4.69) is 5.10 Å². The van der Waals surface area contributed by atoms with Crippen LogP contribution in [0.15, 0.2) is 0 Å². The van der Waals surface area contributed by atoms with E-state index in [-0.39, 0.29) is 6.61 Å². The summed E-state index contributed by atoms with van der Waals surface area (Å²) in [5.41, 5.74) is 8.42. The number of nitrogens with two attached hydrogens (primary N) is 1. The third-order valence-corrected chi connectivity index (χ3v) is 2.44. The number of aromatic nitrogens is 2. The average Bonchev–Trinajstić information content (AvgIpc) is 2.54. The zero-order valence-corrected chi connectivity index (χ0v) is 9.27. The van der Waals surface area contributed by atoms with Gasteiger partial charge in [0.1, 0.15) is 0 Å². The molecule has 1 rings (SSSR count). The maximum absolute atomic E-state index is 9.35. The van der Waals surface area contributed by atoms with Gasteiger partial charge in [0.05, 0.1) is 36.3 Å². The summed E-state index contributed by atoms with van der Waals surface area (Å²) in [6, 6.07) is 0. The van der Waals surface area contributed by atoms with E-state index in [1.54, 1.807) is 4.68 Å². The molecule has 1 heterocycles. The van der Waals surface area contributed by atoms with E-state index in [1.807, 2.05) is 13.8 Å². The van der Waals surface area contributed by atoms with Crippen molar-refractivity contribution < 1.29 is 10.2 Å². The van der Waals surface area contributed by atoms with E-state index in [0.29, 0.717) is 12.2 Å². The Hall–Kier alpha value is -1.07. The normalized spacial score (nSPS) is 13.1. The summed E-state index contributed by atoms with van der Waals surface area (Å²) in [7, 11) is 0. The van der Waals surface area contributed by atoms with Crippen LogP contribution in [0.25, 0.3) is 0 Å². The summed E-state index contributed by atoms with van der Waals surface area (Å²) in [6.45, 7) is 4.02. The van der Waals surface area contributed by atoms with Crippen molar-refractivity contribution in [1.82, 2.24) is 9.78 Å². The Morgan fingerprint density at radius 2 is 2.07 bits per heavy atom. The van der Waals surface area contributed by atoms with Crippen LogP contribution in [0.1, 0.15) is 25.2 Å². The summed E-state index contributed by atoms with van der Waals surface area (Å²) >= 11 is 0. The minimum absolute atomic E-state index is 0.260. The lowest BCUT2D eigenvalue weighted by molar-refractivity contribution is 0.0775. The standard InChI is InChI=1S/C10H19N3O2/c1-3-8-10(11)9(4-2)13(12-8)5-7(15)6-14/h7,14-15H,3-6,11H2,1-2H3.